The summed E-state index contributed by atoms with van der Waals surface area (Å²) in [4.78, 5) is 6.97. The monoisotopic (exact) mass is 300 g/mol. The molecule has 0 aromatic carbocycles. The van der Waals surface area contributed by atoms with E-state index in [2.05, 4.69) is 40.1 Å². The van der Waals surface area contributed by atoms with E-state index in [4.69, 9.17) is 5.11 Å². The molecule has 2 aromatic heterocycles. The Bertz CT molecular complexity index is 585. The van der Waals surface area contributed by atoms with Crippen molar-refractivity contribution in [3.63, 3.8) is 0 Å². The van der Waals surface area contributed by atoms with Gasteiger partial charge in [-0.15, -0.1) is 0 Å². The van der Waals surface area contributed by atoms with Gasteiger partial charge in [-0.3, -0.25) is 14.6 Å². The minimum absolute atomic E-state index is 0.145. The summed E-state index contributed by atoms with van der Waals surface area (Å²) in [5.74, 6) is 0.552. The van der Waals surface area contributed by atoms with Gasteiger partial charge in [0.2, 0.25) is 0 Å². The van der Waals surface area contributed by atoms with Crippen LogP contribution in [0.2, 0.25) is 0 Å². The number of likely N-dealkylation sites (tertiary alicyclic amines) is 1. The van der Waals surface area contributed by atoms with Gasteiger partial charge in [0, 0.05) is 30.6 Å². The Morgan fingerprint density at radius 1 is 1.23 bits per heavy atom. The maximum atomic E-state index is 9.11. The number of rotatable bonds is 5. The third kappa shape index (κ3) is 3.54. The van der Waals surface area contributed by atoms with Crippen LogP contribution in [0.15, 0.2) is 30.6 Å². The summed E-state index contributed by atoms with van der Waals surface area (Å²) in [7, 11) is 0. The molecule has 0 aliphatic carbocycles. The molecule has 0 saturated carbocycles. The van der Waals surface area contributed by atoms with E-state index < -0.39 is 0 Å². The predicted molar refractivity (Wildman–Crippen MR) is 85.5 cm³/mol. The first-order valence-electron chi connectivity index (χ1n) is 8.02. The predicted octanol–water partition coefficient (Wildman–Crippen LogP) is 1.96. The second-order valence-electron chi connectivity index (χ2n) is 6.08. The first kappa shape index (κ1) is 15.2. The maximum Gasteiger partial charge on any atom is 0.0644 e. The summed E-state index contributed by atoms with van der Waals surface area (Å²) in [6.45, 7) is 5.91. The average Bonchev–Trinajstić information content (AvgIpc) is 2.99. The SMILES string of the molecule is Cc1ccc(CN2CCC(c3ccnn3CCO)CC2)nc1. The first-order chi connectivity index (χ1) is 10.8. The lowest BCUT2D eigenvalue weighted by molar-refractivity contribution is 0.197. The van der Waals surface area contributed by atoms with Crippen LogP contribution >= 0.6 is 0 Å². The number of pyridine rings is 1. The van der Waals surface area contributed by atoms with E-state index >= 15 is 0 Å². The fraction of sp³-hybridized carbons (Fsp3) is 0.529. The van der Waals surface area contributed by atoms with Crippen molar-refractivity contribution in [1.29, 1.82) is 0 Å². The Morgan fingerprint density at radius 2 is 2.05 bits per heavy atom. The maximum absolute atomic E-state index is 9.11. The molecule has 5 nitrogen and oxygen atoms in total. The van der Waals surface area contributed by atoms with E-state index in [0.29, 0.717) is 12.5 Å². The fourth-order valence-corrected chi connectivity index (χ4v) is 3.18. The molecule has 0 bridgehead atoms. The highest BCUT2D eigenvalue weighted by molar-refractivity contribution is 5.13. The van der Waals surface area contributed by atoms with Crippen LogP contribution in [0.1, 0.15) is 35.7 Å². The molecule has 3 heterocycles. The highest BCUT2D eigenvalue weighted by atomic mass is 16.3. The molecule has 0 radical (unpaired) electrons. The van der Waals surface area contributed by atoms with Crippen molar-refractivity contribution in [2.45, 2.75) is 38.8 Å². The lowest BCUT2D eigenvalue weighted by Gasteiger charge is -2.32. The Labute approximate surface area is 131 Å². The Kier molecular flexibility index (Phi) is 4.85. The standard InChI is InChI=1S/C17H24N4O/c1-14-2-3-16(18-12-14)13-20-8-5-15(6-9-20)17-4-7-19-21(17)10-11-22/h2-4,7,12,15,22H,5-6,8-11,13H2,1H3. The van der Waals surface area contributed by atoms with Crippen molar-refractivity contribution < 1.29 is 5.11 Å². The number of piperidine rings is 1. The third-order valence-electron chi connectivity index (χ3n) is 4.43. The number of aliphatic hydroxyl groups is 1. The van der Waals surface area contributed by atoms with Gasteiger partial charge in [-0.05, 0) is 50.6 Å². The smallest absolute Gasteiger partial charge is 0.0644 e. The third-order valence-corrected chi connectivity index (χ3v) is 4.43. The van der Waals surface area contributed by atoms with Crippen LogP contribution in [0.4, 0.5) is 0 Å². The zero-order valence-electron chi connectivity index (χ0n) is 13.1. The van der Waals surface area contributed by atoms with Gasteiger partial charge >= 0.3 is 0 Å². The van der Waals surface area contributed by atoms with Gasteiger partial charge in [-0.2, -0.15) is 5.10 Å². The highest BCUT2D eigenvalue weighted by Crippen LogP contribution is 2.28. The molecule has 1 N–H and O–H groups in total. The van der Waals surface area contributed by atoms with E-state index in [1.54, 1.807) is 0 Å². The van der Waals surface area contributed by atoms with Gasteiger partial charge < -0.3 is 5.11 Å². The van der Waals surface area contributed by atoms with E-state index in [0.717, 1.165) is 38.2 Å². The molecule has 0 atom stereocenters. The molecule has 5 heteroatoms. The largest absolute Gasteiger partial charge is 0.394 e. The molecule has 118 valence electrons. The summed E-state index contributed by atoms with van der Waals surface area (Å²) in [6, 6.07) is 6.35. The Hall–Kier alpha value is -1.72. The minimum atomic E-state index is 0.145. The van der Waals surface area contributed by atoms with Gasteiger partial charge in [0.1, 0.15) is 0 Å². The molecule has 0 unspecified atom stereocenters. The van der Waals surface area contributed by atoms with Crippen LogP contribution in [-0.4, -0.2) is 44.5 Å². The molecule has 1 aliphatic rings. The molecule has 0 amide bonds. The molecule has 0 spiro atoms. The zero-order valence-corrected chi connectivity index (χ0v) is 13.1. The fourth-order valence-electron chi connectivity index (χ4n) is 3.18. The summed E-state index contributed by atoms with van der Waals surface area (Å²) < 4.78 is 1.95. The Morgan fingerprint density at radius 3 is 2.73 bits per heavy atom. The second kappa shape index (κ2) is 7.03. The van der Waals surface area contributed by atoms with E-state index in [9.17, 15) is 0 Å². The quantitative estimate of drug-likeness (QED) is 0.917. The van der Waals surface area contributed by atoms with Crippen molar-refractivity contribution in [1.82, 2.24) is 19.7 Å². The number of aryl methyl sites for hydroxylation is 1. The van der Waals surface area contributed by atoms with Crippen molar-refractivity contribution in [3.8, 4) is 0 Å². The number of nitrogens with zero attached hydrogens (tertiary/aromatic N) is 4. The lowest BCUT2D eigenvalue weighted by atomic mass is 9.93. The minimum Gasteiger partial charge on any atom is -0.394 e. The normalized spacial score (nSPS) is 17.0. The molecule has 3 rings (SSSR count). The molecule has 22 heavy (non-hydrogen) atoms. The van der Waals surface area contributed by atoms with E-state index in [1.807, 2.05) is 17.1 Å². The van der Waals surface area contributed by atoms with Crippen LogP contribution in [0, 0.1) is 6.92 Å². The van der Waals surface area contributed by atoms with Crippen LogP contribution < -0.4 is 0 Å². The second-order valence-corrected chi connectivity index (χ2v) is 6.08. The van der Waals surface area contributed by atoms with E-state index in [-0.39, 0.29) is 6.61 Å². The van der Waals surface area contributed by atoms with Gasteiger partial charge in [0.15, 0.2) is 0 Å². The van der Waals surface area contributed by atoms with E-state index in [1.165, 1.54) is 11.3 Å². The molecule has 1 aliphatic heterocycles. The molecular formula is C17H24N4O. The van der Waals surface area contributed by atoms with Crippen LogP contribution in [-0.2, 0) is 13.1 Å². The van der Waals surface area contributed by atoms with Gasteiger partial charge in [0.05, 0.1) is 18.8 Å². The van der Waals surface area contributed by atoms with Crippen molar-refractivity contribution >= 4 is 0 Å². The summed E-state index contributed by atoms with van der Waals surface area (Å²) >= 11 is 0. The van der Waals surface area contributed by atoms with Gasteiger partial charge in [0.25, 0.3) is 0 Å². The summed E-state index contributed by atoms with van der Waals surface area (Å²) in [6.07, 6.45) is 6.06. The highest BCUT2D eigenvalue weighted by Gasteiger charge is 2.23. The van der Waals surface area contributed by atoms with Crippen LogP contribution in [0.3, 0.4) is 0 Å². The topological polar surface area (TPSA) is 54.2 Å². The number of hydrogen-bond donors (Lipinski definition) is 1. The number of aliphatic hydroxyl groups excluding tert-OH is 1. The lowest BCUT2D eigenvalue weighted by Crippen LogP contribution is -2.33. The molecular weight excluding hydrogens is 276 g/mol. The number of aromatic nitrogens is 3. The summed E-state index contributed by atoms with van der Waals surface area (Å²) in [5, 5.41) is 13.4. The van der Waals surface area contributed by atoms with Gasteiger partial charge in [-0.25, -0.2) is 0 Å². The van der Waals surface area contributed by atoms with Gasteiger partial charge in [-0.1, -0.05) is 6.07 Å². The average molecular weight is 300 g/mol. The Balaban J connectivity index is 1.56. The zero-order chi connectivity index (χ0) is 15.4. The molecule has 1 fully saturated rings. The van der Waals surface area contributed by atoms with Crippen LogP contribution in [0.5, 0.6) is 0 Å². The van der Waals surface area contributed by atoms with Crippen molar-refractivity contribution in [2.24, 2.45) is 0 Å². The number of hydrogen-bond acceptors (Lipinski definition) is 4. The van der Waals surface area contributed by atoms with Crippen LogP contribution in [0.25, 0.3) is 0 Å². The van der Waals surface area contributed by atoms with Crippen molar-refractivity contribution in [2.75, 3.05) is 19.7 Å². The molecule has 1 saturated heterocycles. The summed E-state index contributed by atoms with van der Waals surface area (Å²) in [5.41, 5.74) is 3.62. The first-order valence-corrected chi connectivity index (χ1v) is 8.02. The molecule has 2 aromatic rings. The van der Waals surface area contributed by atoms with Crippen molar-refractivity contribution in [3.05, 3.63) is 47.5 Å².